The third-order valence-corrected chi connectivity index (χ3v) is 3.51. The van der Waals surface area contributed by atoms with E-state index in [1.807, 2.05) is 12.1 Å². The highest BCUT2D eigenvalue weighted by Crippen LogP contribution is 1.99. The fourth-order valence-electron chi connectivity index (χ4n) is 2.01. The lowest BCUT2D eigenvalue weighted by atomic mass is 10.2. The number of hydrogen-bond acceptors (Lipinski definition) is 4. The molecule has 1 aromatic carbocycles. The number of nitrogens with one attached hydrogen (secondary N) is 2. The van der Waals surface area contributed by atoms with Crippen molar-refractivity contribution in [3.8, 4) is 0 Å². The summed E-state index contributed by atoms with van der Waals surface area (Å²) in [6.07, 6.45) is 1.76. The minimum Gasteiger partial charge on any atom is -0.379 e. The van der Waals surface area contributed by atoms with Gasteiger partial charge in [-0.15, -0.1) is 0 Å². The Labute approximate surface area is 131 Å². The number of ether oxygens (including phenoxy) is 1. The molecule has 114 valence electrons. The van der Waals surface area contributed by atoms with Crippen LogP contribution in [0.4, 0.5) is 0 Å². The molecule has 0 saturated carbocycles. The van der Waals surface area contributed by atoms with E-state index in [-0.39, 0.29) is 0 Å². The summed E-state index contributed by atoms with van der Waals surface area (Å²) >= 11 is 5.18. The molecule has 0 radical (unpaired) electrons. The molecule has 1 aliphatic heterocycles. The molecule has 0 unspecified atom stereocenters. The molecule has 1 fully saturated rings. The number of hydrogen-bond donors (Lipinski definition) is 2. The van der Waals surface area contributed by atoms with Gasteiger partial charge >= 0.3 is 0 Å². The molecule has 21 heavy (non-hydrogen) atoms. The van der Waals surface area contributed by atoms with Crippen LogP contribution in [-0.4, -0.2) is 55.6 Å². The zero-order valence-electron chi connectivity index (χ0n) is 12.3. The van der Waals surface area contributed by atoms with Gasteiger partial charge in [0.1, 0.15) is 0 Å². The van der Waals surface area contributed by atoms with Crippen LogP contribution >= 0.6 is 12.2 Å². The maximum atomic E-state index is 5.31. The lowest BCUT2D eigenvalue weighted by Gasteiger charge is -2.26. The highest BCUT2D eigenvalue weighted by molar-refractivity contribution is 7.80. The molecular weight excluding hydrogens is 284 g/mol. The minimum absolute atomic E-state index is 0.548. The van der Waals surface area contributed by atoms with Gasteiger partial charge in [-0.25, -0.2) is 0 Å². The van der Waals surface area contributed by atoms with Crippen LogP contribution < -0.4 is 10.7 Å². The smallest absolute Gasteiger partial charge is 0.187 e. The first-order valence-electron chi connectivity index (χ1n) is 7.18. The van der Waals surface area contributed by atoms with Crippen LogP contribution in [0, 0.1) is 6.92 Å². The Hall–Kier alpha value is -1.50. The van der Waals surface area contributed by atoms with Gasteiger partial charge in [0.2, 0.25) is 0 Å². The van der Waals surface area contributed by atoms with Gasteiger partial charge in [-0.1, -0.05) is 29.8 Å². The van der Waals surface area contributed by atoms with Crippen LogP contribution in [0.1, 0.15) is 11.1 Å². The molecule has 0 bridgehead atoms. The first kappa shape index (κ1) is 15.9. The topological polar surface area (TPSA) is 48.9 Å². The summed E-state index contributed by atoms with van der Waals surface area (Å²) in [6, 6.07) is 8.16. The third kappa shape index (κ3) is 6.20. The van der Waals surface area contributed by atoms with E-state index in [1.165, 1.54) is 5.56 Å². The van der Waals surface area contributed by atoms with Crippen molar-refractivity contribution in [3.63, 3.8) is 0 Å². The highest BCUT2D eigenvalue weighted by atomic mass is 32.1. The lowest BCUT2D eigenvalue weighted by molar-refractivity contribution is 0.0389. The van der Waals surface area contributed by atoms with E-state index in [4.69, 9.17) is 17.0 Å². The van der Waals surface area contributed by atoms with Crippen molar-refractivity contribution in [2.24, 2.45) is 5.10 Å². The zero-order valence-corrected chi connectivity index (χ0v) is 13.2. The molecule has 1 heterocycles. The molecule has 1 aromatic rings. The van der Waals surface area contributed by atoms with Crippen LogP contribution in [0.25, 0.3) is 0 Å². The molecule has 0 amide bonds. The highest BCUT2D eigenvalue weighted by Gasteiger charge is 2.09. The third-order valence-electron chi connectivity index (χ3n) is 3.27. The van der Waals surface area contributed by atoms with Gasteiger partial charge in [0.25, 0.3) is 0 Å². The zero-order chi connectivity index (χ0) is 14.9. The maximum absolute atomic E-state index is 5.31. The first-order valence-corrected chi connectivity index (χ1v) is 7.58. The Morgan fingerprint density at radius 2 is 2.05 bits per heavy atom. The Bertz CT molecular complexity index is 469. The van der Waals surface area contributed by atoms with Crippen LogP contribution in [0.15, 0.2) is 29.4 Å². The fourth-order valence-corrected chi connectivity index (χ4v) is 2.16. The van der Waals surface area contributed by atoms with E-state index in [1.54, 1.807) is 6.21 Å². The van der Waals surface area contributed by atoms with Gasteiger partial charge in [0.15, 0.2) is 5.11 Å². The number of rotatable bonds is 5. The summed E-state index contributed by atoms with van der Waals surface area (Å²) in [5, 5.41) is 7.82. The normalized spacial score (nSPS) is 16.0. The van der Waals surface area contributed by atoms with E-state index in [0.29, 0.717) is 5.11 Å². The summed E-state index contributed by atoms with van der Waals surface area (Å²) in [7, 11) is 0. The summed E-state index contributed by atoms with van der Waals surface area (Å²) < 4.78 is 5.31. The molecule has 6 heteroatoms. The SMILES string of the molecule is Cc1ccc(/C=N/NC(=S)NCCN2CCOCC2)cc1. The van der Waals surface area contributed by atoms with Crippen molar-refractivity contribution < 1.29 is 4.74 Å². The molecule has 2 rings (SSSR count). The number of morpholine rings is 1. The predicted molar refractivity (Wildman–Crippen MR) is 89.8 cm³/mol. The van der Waals surface area contributed by atoms with Crippen LogP contribution in [-0.2, 0) is 4.74 Å². The van der Waals surface area contributed by atoms with Crippen molar-refractivity contribution in [2.75, 3.05) is 39.4 Å². The van der Waals surface area contributed by atoms with E-state index in [9.17, 15) is 0 Å². The Balaban J connectivity index is 1.61. The number of nitrogens with zero attached hydrogens (tertiary/aromatic N) is 2. The van der Waals surface area contributed by atoms with Crippen LogP contribution in [0.5, 0.6) is 0 Å². The fraction of sp³-hybridized carbons (Fsp3) is 0.467. The molecule has 1 saturated heterocycles. The number of aryl methyl sites for hydroxylation is 1. The monoisotopic (exact) mass is 306 g/mol. The average Bonchev–Trinajstić information content (AvgIpc) is 2.50. The van der Waals surface area contributed by atoms with Gasteiger partial charge in [-0.3, -0.25) is 10.3 Å². The van der Waals surface area contributed by atoms with Crippen molar-refractivity contribution in [2.45, 2.75) is 6.92 Å². The predicted octanol–water partition coefficient (Wildman–Crippen LogP) is 1.13. The average molecular weight is 306 g/mol. The molecule has 0 aromatic heterocycles. The largest absolute Gasteiger partial charge is 0.379 e. The van der Waals surface area contributed by atoms with Gasteiger partial charge in [0, 0.05) is 26.2 Å². The number of benzene rings is 1. The van der Waals surface area contributed by atoms with Crippen LogP contribution in [0.3, 0.4) is 0 Å². The Morgan fingerprint density at radius 1 is 1.33 bits per heavy atom. The molecule has 2 N–H and O–H groups in total. The van der Waals surface area contributed by atoms with E-state index >= 15 is 0 Å². The lowest BCUT2D eigenvalue weighted by Crippen LogP contribution is -2.42. The minimum atomic E-state index is 0.548. The second kappa shape index (κ2) is 8.71. The van der Waals surface area contributed by atoms with E-state index < -0.39 is 0 Å². The van der Waals surface area contributed by atoms with E-state index in [0.717, 1.165) is 45.0 Å². The second-order valence-corrected chi connectivity index (χ2v) is 5.40. The Morgan fingerprint density at radius 3 is 2.76 bits per heavy atom. The quantitative estimate of drug-likeness (QED) is 0.485. The molecule has 0 spiro atoms. The van der Waals surface area contributed by atoms with Crippen molar-refractivity contribution in [1.29, 1.82) is 0 Å². The summed E-state index contributed by atoms with van der Waals surface area (Å²) in [5.74, 6) is 0. The first-order chi connectivity index (χ1) is 10.2. The van der Waals surface area contributed by atoms with Gasteiger partial charge in [-0.2, -0.15) is 5.10 Å². The number of thiocarbonyl (C=S) groups is 1. The molecule has 1 aliphatic rings. The van der Waals surface area contributed by atoms with Crippen LogP contribution in [0.2, 0.25) is 0 Å². The number of hydrazone groups is 1. The summed E-state index contributed by atoms with van der Waals surface area (Å²) in [4.78, 5) is 2.36. The van der Waals surface area contributed by atoms with Crippen molar-refractivity contribution in [3.05, 3.63) is 35.4 Å². The van der Waals surface area contributed by atoms with Gasteiger partial charge in [-0.05, 0) is 24.7 Å². The maximum Gasteiger partial charge on any atom is 0.187 e. The standard InChI is InChI=1S/C15H22N4OS/c1-13-2-4-14(5-3-13)12-17-18-15(21)16-6-7-19-8-10-20-11-9-19/h2-5,12H,6-11H2,1H3,(H2,16,18,21)/b17-12+. The van der Waals surface area contributed by atoms with Gasteiger partial charge < -0.3 is 10.1 Å². The Kier molecular flexibility index (Phi) is 6.59. The second-order valence-electron chi connectivity index (χ2n) is 4.99. The van der Waals surface area contributed by atoms with Gasteiger partial charge in [0.05, 0.1) is 19.4 Å². The summed E-state index contributed by atoms with van der Waals surface area (Å²) in [5.41, 5.74) is 5.11. The van der Waals surface area contributed by atoms with Crippen molar-refractivity contribution >= 4 is 23.5 Å². The molecular formula is C15H22N4OS. The van der Waals surface area contributed by atoms with Crippen molar-refractivity contribution in [1.82, 2.24) is 15.6 Å². The molecule has 5 nitrogen and oxygen atoms in total. The van der Waals surface area contributed by atoms with E-state index in [2.05, 4.69) is 39.8 Å². The summed E-state index contributed by atoms with van der Waals surface area (Å²) in [6.45, 7) is 7.47. The molecule has 0 atom stereocenters. The molecule has 0 aliphatic carbocycles.